The Bertz CT molecular complexity index is 1330. The van der Waals surface area contributed by atoms with Gasteiger partial charge in [0.05, 0.1) is 24.3 Å². The van der Waals surface area contributed by atoms with Gasteiger partial charge in [0.15, 0.2) is 0 Å². The van der Waals surface area contributed by atoms with E-state index in [1.807, 2.05) is 18.2 Å². The first-order chi connectivity index (χ1) is 15.8. The molecule has 0 radical (unpaired) electrons. The van der Waals surface area contributed by atoms with Crippen molar-refractivity contribution in [3.8, 4) is 16.3 Å². The van der Waals surface area contributed by atoms with Gasteiger partial charge in [-0.3, -0.25) is 4.79 Å². The number of carboxylic acids is 1. The molecule has 170 valence electrons. The number of aryl methyl sites for hydroxylation is 1. The second kappa shape index (κ2) is 8.22. The Hall–Kier alpha value is -3.33. The van der Waals surface area contributed by atoms with Crippen LogP contribution in [0, 0.1) is 0 Å². The van der Waals surface area contributed by atoms with Crippen molar-refractivity contribution in [3.05, 3.63) is 70.4 Å². The fourth-order valence-electron chi connectivity index (χ4n) is 4.15. The highest BCUT2D eigenvalue weighted by atomic mass is 32.1. The monoisotopic (exact) mass is 472 g/mol. The molecule has 0 aliphatic heterocycles. The van der Waals surface area contributed by atoms with Crippen LogP contribution in [0.1, 0.15) is 34.0 Å². The number of nitrogens with one attached hydrogen (secondary N) is 1. The number of carbonyl (C=O) groups is 1. The van der Waals surface area contributed by atoms with Crippen molar-refractivity contribution in [1.82, 2.24) is 9.97 Å². The maximum Gasteiger partial charge on any atom is 0.416 e. The van der Waals surface area contributed by atoms with E-state index in [-0.39, 0.29) is 12.3 Å². The van der Waals surface area contributed by atoms with Gasteiger partial charge in [0.1, 0.15) is 10.8 Å². The van der Waals surface area contributed by atoms with E-state index >= 15 is 0 Å². The van der Waals surface area contributed by atoms with Crippen molar-refractivity contribution in [3.63, 3.8) is 0 Å². The van der Waals surface area contributed by atoms with E-state index in [9.17, 15) is 18.0 Å². The number of alkyl halides is 3. The Kier molecular flexibility index (Phi) is 5.36. The molecule has 0 amide bonds. The minimum atomic E-state index is -4.35. The highest BCUT2D eigenvalue weighted by Crippen LogP contribution is 2.40. The molecule has 1 atom stereocenters. The molecule has 5 nitrogen and oxygen atoms in total. The minimum Gasteiger partial charge on any atom is -0.493 e. The van der Waals surface area contributed by atoms with Gasteiger partial charge in [0, 0.05) is 39.5 Å². The third-order valence-electron chi connectivity index (χ3n) is 5.83. The Labute approximate surface area is 190 Å². The number of halogens is 3. The van der Waals surface area contributed by atoms with Crippen LogP contribution < -0.4 is 4.74 Å². The summed E-state index contributed by atoms with van der Waals surface area (Å²) in [6.07, 6.45) is -0.919. The second-order valence-electron chi connectivity index (χ2n) is 8.04. The summed E-state index contributed by atoms with van der Waals surface area (Å²) in [6.45, 7) is 0.442. The molecule has 1 aliphatic carbocycles. The van der Waals surface area contributed by atoms with Crippen LogP contribution in [0.15, 0.2) is 48.7 Å². The smallest absolute Gasteiger partial charge is 0.416 e. The van der Waals surface area contributed by atoms with E-state index in [0.717, 1.165) is 57.0 Å². The lowest BCUT2D eigenvalue weighted by molar-refractivity contribution is -0.138. The number of aromatic amines is 1. The number of rotatable bonds is 6. The van der Waals surface area contributed by atoms with E-state index in [2.05, 4.69) is 4.98 Å². The van der Waals surface area contributed by atoms with Crippen LogP contribution in [-0.4, -0.2) is 27.7 Å². The molecule has 2 aromatic heterocycles. The summed E-state index contributed by atoms with van der Waals surface area (Å²) in [5.41, 5.74) is 2.50. The van der Waals surface area contributed by atoms with Crippen molar-refractivity contribution in [2.24, 2.45) is 0 Å². The minimum absolute atomic E-state index is 0.0455. The average molecular weight is 472 g/mol. The van der Waals surface area contributed by atoms with Crippen LogP contribution >= 0.6 is 11.3 Å². The predicted octanol–water partition coefficient (Wildman–Crippen LogP) is 6.05. The third kappa shape index (κ3) is 4.32. The van der Waals surface area contributed by atoms with Crippen LogP contribution in [0.2, 0.25) is 0 Å². The zero-order valence-electron chi connectivity index (χ0n) is 17.3. The highest BCUT2D eigenvalue weighted by molar-refractivity contribution is 7.15. The SMILES string of the molecule is O=C(O)Cc1c[nH]c2cc(OC[C@H]3CCc4sc(-c5ccc(C(F)(F)F)cc5)nc43)ccc12. The molecule has 0 unspecified atom stereocenters. The number of nitrogens with zero attached hydrogens (tertiary/aromatic N) is 1. The Morgan fingerprint density at radius 2 is 2.00 bits per heavy atom. The van der Waals surface area contributed by atoms with E-state index < -0.39 is 17.7 Å². The number of fused-ring (bicyclic) bond motifs is 2. The molecule has 0 bridgehead atoms. The molecule has 4 aromatic rings. The molecular formula is C24H19F3N2O3S. The number of hydrogen-bond acceptors (Lipinski definition) is 4. The highest BCUT2D eigenvalue weighted by Gasteiger charge is 2.31. The van der Waals surface area contributed by atoms with Gasteiger partial charge in [-0.15, -0.1) is 11.3 Å². The van der Waals surface area contributed by atoms with E-state index in [1.165, 1.54) is 23.5 Å². The number of carboxylic acid groups (broad SMARTS) is 1. The number of benzene rings is 2. The lowest BCUT2D eigenvalue weighted by Gasteiger charge is -2.12. The van der Waals surface area contributed by atoms with Crippen LogP contribution in [0.5, 0.6) is 5.75 Å². The molecule has 0 fully saturated rings. The number of thiazole rings is 1. The fraction of sp³-hybridized carbons (Fsp3) is 0.250. The lowest BCUT2D eigenvalue weighted by Crippen LogP contribution is -2.08. The topological polar surface area (TPSA) is 75.2 Å². The molecular weight excluding hydrogens is 453 g/mol. The van der Waals surface area contributed by atoms with Crippen LogP contribution in [-0.2, 0) is 23.8 Å². The summed E-state index contributed by atoms with van der Waals surface area (Å²) in [4.78, 5) is 19.9. The Balaban J connectivity index is 1.28. The van der Waals surface area contributed by atoms with Gasteiger partial charge in [-0.2, -0.15) is 13.2 Å². The molecule has 5 rings (SSSR count). The molecule has 33 heavy (non-hydrogen) atoms. The molecule has 0 spiro atoms. The number of aromatic nitrogens is 2. The summed E-state index contributed by atoms with van der Waals surface area (Å²) in [6, 6.07) is 10.6. The summed E-state index contributed by atoms with van der Waals surface area (Å²) in [5, 5.41) is 10.6. The predicted molar refractivity (Wildman–Crippen MR) is 119 cm³/mol. The molecule has 2 heterocycles. The Morgan fingerprint density at radius 3 is 2.73 bits per heavy atom. The molecule has 9 heteroatoms. The maximum absolute atomic E-state index is 12.8. The second-order valence-corrected chi connectivity index (χ2v) is 9.12. The number of aliphatic carboxylic acids is 1. The Morgan fingerprint density at radius 1 is 1.21 bits per heavy atom. The van der Waals surface area contributed by atoms with Crippen molar-refractivity contribution >= 4 is 28.2 Å². The van der Waals surface area contributed by atoms with Gasteiger partial charge >= 0.3 is 12.1 Å². The summed E-state index contributed by atoms with van der Waals surface area (Å²) in [5.74, 6) is -0.0913. The quantitative estimate of drug-likeness (QED) is 0.358. The van der Waals surface area contributed by atoms with Crippen LogP contribution in [0.3, 0.4) is 0 Å². The van der Waals surface area contributed by atoms with Gasteiger partial charge < -0.3 is 14.8 Å². The van der Waals surface area contributed by atoms with Crippen LogP contribution in [0.25, 0.3) is 21.5 Å². The number of hydrogen-bond donors (Lipinski definition) is 2. The van der Waals surface area contributed by atoms with E-state index in [0.29, 0.717) is 17.9 Å². The van der Waals surface area contributed by atoms with Gasteiger partial charge in [-0.25, -0.2) is 4.98 Å². The maximum atomic E-state index is 12.8. The van der Waals surface area contributed by atoms with Crippen LogP contribution in [0.4, 0.5) is 13.2 Å². The summed E-state index contributed by atoms with van der Waals surface area (Å²) >= 11 is 1.52. The first kappa shape index (κ1) is 21.5. The van der Waals surface area contributed by atoms with Crippen molar-refractivity contribution in [2.45, 2.75) is 31.4 Å². The summed E-state index contributed by atoms with van der Waals surface area (Å²) < 4.78 is 44.5. The van der Waals surface area contributed by atoms with Crippen molar-refractivity contribution in [1.29, 1.82) is 0 Å². The first-order valence-corrected chi connectivity index (χ1v) is 11.2. The third-order valence-corrected chi connectivity index (χ3v) is 7.01. The fourth-order valence-corrected chi connectivity index (χ4v) is 5.32. The van der Waals surface area contributed by atoms with Gasteiger partial charge in [-0.1, -0.05) is 12.1 Å². The van der Waals surface area contributed by atoms with E-state index in [1.54, 1.807) is 6.20 Å². The van der Waals surface area contributed by atoms with Gasteiger partial charge in [0.25, 0.3) is 0 Å². The van der Waals surface area contributed by atoms with E-state index in [4.69, 9.17) is 14.8 Å². The van der Waals surface area contributed by atoms with Crippen molar-refractivity contribution in [2.75, 3.05) is 6.61 Å². The number of H-pyrrole nitrogens is 1. The average Bonchev–Trinajstić information content (AvgIpc) is 3.46. The molecule has 2 aromatic carbocycles. The zero-order valence-corrected chi connectivity index (χ0v) is 18.1. The van der Waals surface area contributed by atoms with Gasteiger partial charge in [0.2, 0.25) is 0 Å². The first-order valence-electron chi connectivity index (χ1n) is 10.4. The largest absolute Gasteiger partial charge is 0.493 e. The summed E-state index contributed by atoms with van der Waals surface area (Å²) in [7, 11) is 0. The molecule has 1 aliphatic rings. The zero-order chi connectivity index (χ0) is 23.2. The van der Waals surface area contributed by atoms with Gasteiger partial charge in [-0.05, 0) is 42.7 Å². The molecule has 2 N–H and O–H groups in total. The lowest BCUT2D eigenvalue weighted by atomic mass is 10.1. The number of ether oxygens (including phenoxy) is 1. The van der Waals surface area contributed by atoms with Crippen molar-refractivity contribution < 1.29 is 27.8 Å². The molecule has 0 saturated heterocycles. The molecule has 0 saturated carbocycles. The normalized spacial score (nSPS) is 15.7. The standard InChI is InChI=1S/C24H19F3N2O3S/c25-24(26,27)16-4-1-13(2-5-16)23-29-22-14(3-8-20(22)33-23)12-32-17-6-7-18-15(9-21(30)31)11-28-19(18)10-17/h1-2,4-7,10-11,14,28H,3,8-9,12H2,(H,30,31)/t14-/m1/s1.